The SMILES string of the molecule is CC(=O)N1N=C(c2cc(F)ccc2F)CC1(CCCO)c1ccccc1. The van der Waals surface area contributed by atoms with Gasteiger partial charge in [-0.3, -0.25) is 4.79 Å². The zero-order chi connectivity index (χ0) is 18.7. The highest BCUT2D eigenvalue weighted by atomic mass is 19.1. The molecule has 1 heterocycles. The number of rotatable bonds is 5. The van der Waals surface area contributed by atoms with Crippen LogP contribution < -0.4 is 0 Å². The number of amides is 1. The number of hydrogen-bond acceptors (Lipinski definition) is 3. The minimum Gasteiger partial charge on any atom is -0.396 e. The molecular formula is C20H20F2N2O2. The summed E-state index contributed by atoms with van der Waals surface area (Å²) in [5, 5.41) is 15.0. The molecule has 26 heavy (non-hydrogen) atoms. The van der Waals surface area contributed by atoms with Crippen molar-refractivity contribution in [3.05, 3.63) is 71.3 Å². The number of carbonyl (C=O) groups excluding carboxylic acids is 1. The maximum atomic E-state index is 14.3. The van der Waals surface area contributed by atoms with Gasteiger partial charge in [-0.25, -0.2) is 13.8 Å². The summed E-state index contributed by atoms with van der Waals surface area (Å²) in [5.74, 6) is -1.44. The zero-order valence-electron chi connectivity index (χ0n) is 14.5. The lowest BCUT2D eigenvalue weighted by Crippen LogP contribution is -2.42. The van der Waals surface area contributed by atoms with Crippen molar-refractivity contribution in [1.82, 2.24) is 5.01 Å². The molecule has 136 valence electrons. The van der Waals surface area contributed by atoms with Gasteiger partial charge in [-0.15, -0.1) is 0 Å². The van der Waals surface area contributed by atoms with Crippen LogP contribution in [0.15, 0.2) is 53.6 Å². The molecule has 0 fully saturated rings. The molecule has 3 rings (SSSR count). The van der Waals surface area contributed by atoms with Crippen LogP contribution in [0.4, 0.5) is 8.78 Å². The molecule has 2 aromatic carbocycles. The van der Waals surface area contributed by atoms with Gasteiger partial charge in [0.05, 0.1) is 11.3 Å². The second-order valence-electron chi connectivity index (χ2n) is 6.40. The predicted molar refractivity (Wildman–Crippen MR) is 94.5 cm³/mol. The average Bonchev–Trinajstić information content (AvgIpc) is 3.04. The van der Waals surface area contributed by atoms with Gasteiger partial charge in [-0.2, -0.15) is 5.10 Å². The molecule has 1 aliphatic rings. The smallest absolute Gasteiger partial charge is 0.240 e. The molecule has 0 saturated carbocycles. The summed E-state index contributed by atoms with van der Waals surface area (Å²) in [4.78, 5) is 12.3. The third-order valence-corrected chi connectivity index (χ3v) is 4.68. The zero-order valence-corrected chi connectivity index (χ0v) is 14.5. The van der Waals surface area contributed by atoms with Crippen LogP contribution in [0.25, 0.3) is 0 Å². The minimum atomic E-state index is -0.829. The number of aliphatic hydroxyl groups excluding tert-OH is 1. The first-order valence-electron chi connectivity index (χ1n) is 8.48. The molecule has 6 heteroatoms. The second kappa shape index (κ2) is 7.33. The molecule has 4 nitrogen and oxygen atoms in total. The van der Waals surface area contributed by atoms with E-state index in [0.29, 0.717) is 18.6 Å². The van der Waals surface area contributed by atoms with Gasteiger partial charge in [-0.05, 0) is 36.6 Å². The normalized spacial score (nSPS) is 19.5. The summed E-state index contributed by atoms with van der Waals surface area (Å²) >= 11 is 0. The van der Waals surface area contributed by atoms with E-state index in [4.69, 9.17) is 0 Å². The highest BCUT2D eigenvalue weighted by molar-refractivity contribution is 6.03. The summed E-state index contributed by atoms with van der Waals surface area (Å²) in [7, 11) is 0. The van der Waals surface area contributed by atoms with Crippen molar-refractivity contribution in [2.45, 2.75) is 31.7 Å². The Labute approximate surface area is 150 Å². The van der Waals surface area contributed by atoms with Crippen LogP contribution in [0, 0.1) is 11.6 Å². The van der Waals surface area contributed by atoms with Crippen molar-refractivity contribution >= 4 is 11.6 Å². The van der Waals surface area contributed by atoms with Crippen LogP contribution in [0.3, 0.4) is 0 Å². The molecule has 1 aliphatic heterocycles. The first-order chi connectivity index (χ1) is 12.5. The quantitative estimate of drug-likeness (QED) is 0.888. The number of benzene rings is 2. The van der Waals surface area contributed by atoms with Crippen LogP contribution in [-0.4, -0.2) is 28.3 Å². The lowest BCUT2D eigenvalue weighted by Gasteiger charge is -2.36. The van der Waals surface area contributed by atoms with E-state index in [9.17, 15) is 18.7 Å². The van der Waals surface area contributed by atoms with E-state index in [1.807, 2.05) is 30.3 Å². The number of aliphatic hydroxyl groups is 1. The van der Waals surface area contributed by atoms with Gasteiger partial charge in [0.15, 0.2) is 0 Å². The van der Waals surface area contributed by atoms with Gasteiger partial charge >= 0.3 is 0 Å². The number of carbonyl (C=O) groups is 1. The lowest BCUT2D eigenvalue weighted by molar-refractivity contribution is -0.135. The maximum absolute atomic E-state index is 14.3. The molecule has 0 saturated heterocycles. The molecule has 0 aromatic heterocycles. The van der Waals surface area contributed by atoms with E-state index in [-0.39, 0.29) is 24.5 Å². The van der Waals surface area contributed by atoms with Crippen molar-refractivity contribution in [2.75, 3.05) is 6.61 Å². The molecule has 1 N–H and O–H groups in total. The Kier molecular flexibility index (Phi) is 5.13. The van der Waals surface area contributed by atoms with Crippen LogP contribution in [0.1, 0.15) is 37.3 Å². The molecule has 0 spiro atoms. The fourth-order valence-electron chi connectivity index (χ4n) is 3.53. The molecule has 0 radical (unpaired) electrons. The van der Waals surface area contributed by atoms with Crippen molar-refractivity contribution in [2.24, 2.45) is 5.10 Å². The Morgan fingerprint density at radius 2 is 1.96 bits per heavy atom. The molecule has 1 amide bonds. The predicted octanol–water partition coefficient (Wildman–Crippen LogP) is 3.59. The Morgan fingerprint density at radius 3 is 2.62 bits per heavy atom. The van der Waals surface area contributed by atoms with Crippen molar-refractivity contribution in [3.63, 3.8) is 0 Å². The van der Waals surface area contributed by atoms with E-state index in [0.717, 1.165) is 23.8 Å². The van der Waals surface area contributed by atoms with E-state index in [1.165, 1.54) is 11.9 Å². The second-order valence-corrected chi connectivity index (χ2v) is 6.40. The van der Waals surface area contributed by atoms with Gasteiger partial charge in [0.2, 0.25) is 5.91 Å². The largest absolute Gasteiger partial charge is 0.396 e. The lowest BCUT2D eigenvalue weighted by atomic mass is 9.80. The number of hydrazone groups is 1. The molecule has 1 atom stereocenters. The van der Waals surface area contributed by atoms with Crippen LogP contribution in [0.2, 0.25) is 0 Å². The van der Waals surface area contributed by atoms with E-state index < -0.39 is 17.2 Å². The molecule has 0 aliphatic carbocycles. The van der Waals surface area contributed by atoms with Crippen LogP contribution in [-0.2, 0) is 10.3 Å². The average molecular weight is 358 g/mol. The third kappa shape index (κ3) is 3.24. The summed E-state index contributed by atoms with van der Waals surface area (Å²) in [6, 6.07) is 12.5. The first kappa shape index (κ1) is 18.2. The summed E-state index contributed by atoms with van der Waals surface area (Å²) in [6.45, 7) is 1.36. The summed E-state index contributed by atoms with van der Waals surface area (Å²) in [5.41, 5.74) is 0.389. The Morgan fingerprint density at radius 1 is 1.23 bits per heavy atom. The minimum absolute atomic E-state index is 0.0377. The number of halogens is 2. The summed E-state index contributed by atoms with van der Waals surface area (Å²) in [6.07, 6.45) is 1.15. The maximum Gasteiger partial charge on any atom is 0.240 e. The van der Waals surface area contributed by atoms with Crippen LogP contribution in [0.5, 0.6) is 0 Å². The van der Waals surface area contributed by atoms with Crippen LogP contribution >= 0.6 is 0 Å². The monoisotopic (exact) mass is 358 g/mol. The Bertz CT molecular complexity index is 839. The third-order valence-electron chi connectivity index (χ3n) is 4.68. The van der Waals surface area contributed by atoms with Crippen molar-refractivity contribution in [3.8, 4) is 0 Å². The fourth-order valence-corrected chi connectivity index (χ4v) is 3.53. The first-order valence-corrected chi connectivity index (χ1v) is 8.48. The molecule has 0 bridgehead atoms. The Balaban J connectivity index is 2.11. The van der Waals surface area contributed by atoms with E-state index in [2.05, 4.69) is 5.10 Å². The number of nitrogens with zero attached hydrogens (tertiary/aromatic N) is 2. The Hall–Kier alpha value is -2.60. The standard InChI is InChI=1S/C20H20F2N2O2/c1-14(26)24-20(10-5-11-25,15-6-3-2-4-7-15)13-19(23-24)17-12-16(21)8-9-18(17)22/h2-4,6-9,12,25H,5,10-11,13H2,1H3. The van der Waals surface area contributed by atoms with E-state index in [1.54, 1.807) is 0 Å². The number of hydrogen-bond donors (Lipinski definition) is 1. The molecular weight excluding hydrogens is 338 g/mol. The van der Waals surface area contributed by atoms with E-state index >= 15 is 0 Å². The van der Waals surface area contributed by atoms with Crippen molar-refractivity contribution < 1.29 is 18.7 Å². The molecule has 2 aromatic rings. The topological polar surface area (TPSA) is 52.9 Å². The highest BCUT2D eigenvalue weighted by Gasteiger charge is 2.46. The molecule has 1 unspecified atom stereocenters. The van der Waals surface area contributed by atoms with Crippen molar-refractivity contribution in [1.29, 1.82) is 0 Å². The highest BCUT2D eigenvalue weighted by Crippen LogP contribution is 2.43. The summed E-state index contributed by atoms with van der Waals surface area (Å²) < 4.78 is 27.9. The van der Waals surface area contributed by atoms with Gasteiger partial charge in [-0.1, -0.05) is 30.3 Å². The van der Waals surface area contributed by atoms with Gasteiger partial charge in [0.1, 0.15) is 11.6 Å². The van der Waals surface area contributed by atoms with Gasteiger partial charge in [0.25, 0.3) is 0 Å². The fraction of sp³-hybridized carbons (Fsp3) is 0.300. The van der Waals surface area contributed by atoms with Gasteiger partial charge < -0.3 is 5.11 Å². The van der Waals surface area contributed by atoms with Gasteiger partial charge in [0, 0.05) is 25.5 Å².